The van der Waals surface area contributed by atoms with Crippen molar-refractivity contribution >= 4 is 5.97 Å². The van der Waals surface area contributed by atoms with Crippen molar-refractivity contribution in [2.24, 2.45) is 11.8 Å². The molecule has 5 heteroatoms. The number of aliphatic carboxylic acids is 1. The lowest BCUT2D eigenvalue weighted by Crippen LogP contribution is -2.50. The third-order valence-corrected chi connectivity index (χ3v) is 5.85. The highest BCUT2D eigenvalue weighted by molar-refractivity contribution is 5.80. The lowest BCUT2D eigenvalue weighted by Gasteiger charge is -2.43. The fourth-order valence-electron chi connectivity index (χ4n) is 3.44. The number of allylic oxidation sites excluding steroid dienone is 10. The van der Waals surface area contributed by atoms with E-state index in [4.69, 9.17) is 9.84 Å². The zero-order valence-corrected chi connectivity index (χ0v) is 20.1. The smallest absolute Gasteiger partial charge is 0.328 e. The van der Waals surface area contributed by atoms with Crippen molar-refractivity contribution in [1.82, 2.24) is 0 Å². The maximum atomic E-state index is 11.0. The van der Waals surface area contributed by atoms with Crippen molar-refractivity contribution in [2.75, 3.05) is 0 Å². The first kappa shape index (κ1) is 27.8. The molecular formula is C27H40O5. The summed E-state index contributed by atoms with van der Waals surface area (Å²) in [5.41, 5.74) is 2.20. The molecular weight excluding hydrogens is 404 g/mol. The zero-order valence-electron chi connectivity index (χ0n) is 20.1. The molecule has 0 bridgehead atoms. The Labute approximate surface area is 193 Å². The average Bonchev–Trinajstić information content (AvgIpc) is 2.74. The van der Waals surface area contributed by atoms with Crippen LogP contribution in [0.5, 0.6) is 0 Å². The Hall–Kier alpha value is -2.21. The van der Waals surface area contributed by atoms with E-state index in [9.17, 15) is 15.0 Å². The van der Waals surface area contributed by atoms with E-state index in [-0.39, 0.29) is 24.4 Å². The van der Waals surface area contributed by atoms with Crippen LogP contribution in [0.1, 0.15) is 60.3 Å². The molecule has 1 fully saturated rings. The SMILES string of the molecule is CC/C=C/C1OC(O)(CC[C@H](C)/C(C)=C/C=C/C=C(C)/C=C/C=C/C(=O)O)CC(O)C1C. The molecule has 4 unspecified atom stereocenters. The second-order valence-electron chi connectivity index (χ2n) is 8.70. The van der Waals surface area contributed by atoms with E-state index in [1.165, 1.54) is 11.6 Å². The topological polar surface area (TPSA) is 87.0 Å². The number of rotatable bonds is 11. The molecule has 5 nitrogen and oxygen atoms in total. The highest BCUT2D eigenvalue weighted by atomic mass is 16.6. The van der Waals surface area contributed by atoms with Gasteiger partial charge >= 0.3 is 5.97 Å². The van der Waals surface area contributed by atoms with Gasteiger partial charge in [0.05, 0.1) is 12.2 Å². The predicted octanol–water partition coefficient (Wildman–Crippen LogP) is 5.49. The quantitative estimate of drug-likeness (QED) is 0.223. The van der Waals surface area contributed by atoms with E-state index in [0.717, 1.165) is 24.5 Å². The van der Waals surface area contributed by atoms with Gasteiger partial charge < -0.3 is 20.1 Å². The first-order chi connectivity index (χ1) is 15.1. The largest absolute Gasteiger partial charge is 0.478 e. The number of carbonyl (C=O) groups is 1. The van der Waals surface area contributed by atoms with Crippen LogP contribution in [-0.4, -0.2) is 39.3 Å². The summed E-state index contributed by atoms with van der Waals surface area (Å²) < 4.78 is 5.99. The lowest BCUT2D eigenvalue weighted by atomic mass is 9.85. The summed E-state index contributed by atoms with van der Waals surface area (Å²) >= 11 is 0. The second kappa shape index (κ2) is 14.0. The minimum absolute atomic E-state index is 0.0400. The lowest BCUT2D eigenvalue weighted by molar-refractivity contribution is -0.280. The van der Waals surface area contributed by atoms with Crippen molar-refractivity contribution < 1.29 is 24.9 Å². The van der Waals surface area contributed by atoms with Crippen LogP contribution in [0.3, 0.4) is 0 Å². The minimum Gasteiger partial charge on any atom is -0.478 e. The Kier molecular flexibility index (Phi) is 12.2. The number of carboxylic acid groups (broad SMARTS) is 1. The first-order valence-corrected chi connectivity index (χ1v) is 11.4. The van der Waals surface area contributed by atoms with Crippen LogP contribution >= 0.6 is 0 Å². The Bertz CT molecular complexity index is 771. The fourth-order valence-corrected chi connectivity index (χ4v) is 3.44. The monoisotopic (exact) mass is 444 g/mol. The van der Waals surface area contributed by atoms with Crippen molar-refractivity contribution in [3.8, 4) is 0 Å². The molecule has 0 radical (unpaired) electrons. The molecule has 3 N–H and O–H groups in total. The Morgan fingerprint density at radius 1 is 1.16 bits per heavy atom. The van der Waals surface area contributed by atoms with E-state index < -0.39 is 17.9 Å². The summed E-state index contributed by atoms with van der Waals surface area (Å²) in [5.74, 6) is -2.05. The predicted molar refractivity (Wildman–Crippen MR) is 130 cm³/mol. The van der Waals surface area contributed by atoms with E-state index in [0.29, 0.717) is 6.42 Å². The Balaban J connectivity index is 2.61. The number of hydrogen-bond donors (Lipinski definition) is 3. The molecule has 0 saturated carbocycles. The molecule has 1 aliphatic rings. The van der Waals surface area contributed by atoms with Gasteiger partial charge in [0.25, 0.3) is 0 Å². The van der Waals surface area contributed by atoms with E-state index in [1.54, 1.807) is 6.08 Å². The summed E-state index contributed by atoms with van der Waals surface area (Å²) in [7, 11) is 0. The Morgan fingerprint density at radius 2 is 1.81 bits per heavy atom. The van der Waals surface area contributed by atoms with Gasteiger partial charge in [0.2, 0.25) is 0 Å². The third-order valence-electron chi connectivity index (χ3n) is 5.85. The van der Waals surface area contributed by atoms with Crippen molar-refractivity contribution in [1.29, 1.82) is 0 Å². The molecule has 0 aromatic heterocycles. The number of aliphatic hydroxyl groups excluding tert-OH is 1. The molecule has 0 aromatic carbocycles. The molecule has 0 amide bonds. The number of hydrogen-bond acceptors (Lipinski definition) is 4. The summed E-state index contributed by atoms with van der Waals surface area (Å²) in [6, 6.07) is 0. The Morgan fingerprint density at radius 3 is 2.47 bits per heavy atom. The molecule has 1 rings (SSSR count). The van der Waals surface area contributed by atoms with Gasteiger partial charge in [0.1, 0.15) is 0 Å². The van der Waals surface area contributed by atoms with Gasteiger partial charge in [-0.1, -0.05) is 86.6 Å². The third kappa shape index (κ3) is 10.4. The fraction of sp³-hybridized carbons (Fsp3) is 0.519. The van der Waals surface area contributed by atoms with Crippen molar-refractivity contribution in [2.45, 2.75) is 78.3 Å². The maximum absolute atomic E-state index is 11.0. The van der Waals surface area contributed by atoms with Crippen LogP contribution < -0.4 is 0 Å². The molecule has 0 aromatic rings. The number of carboxylic acids is 1. The zero-order chi connectivity index (χ0) is 24.1. The second-order valence-corrected chi connectivity index (χ2v) is 8.70. The van der Waals surface area contributed by atoms with E-state index >= 15 is 0 Å². The molecule has 0 aliphatic carbocycles. The minimum atomic E-state index is -1.31. The van der Waals surface area contributed by atoms with Gasteiger partial charge in [-0.3, -0.25) is 0 Å². The summed E-state index contributed by atoms with van der Waals surface area (Å²) in [4.78, 5) is 10.4. The molecule has 178 valence electrons. The van der Waals surface area contributed by atoms with Crippen LogP contribution in [0.2, 0.25) is 0 Å². The highest BCUT2D eigenvalue weighted by Gasteiger charge is 2.42. The van der Waals surface area contributed by atoms with Crippen LogP contribution in [0, 0.1) is 11.8 Å². The van der Waals surface area contributed by atoms with Crippen molar-refractivity contribution in [3.05, 3.63) is 71.9 Å². The summed E-state index contributed by atoms with van der Waals surface area (Å²) in [6.45, 7) is 10.1. The van der Waals surface area contributed by atoms with Crippen molar-refractivity contribution in [3.63, 3.8) is 0 Å². The first-order valence-electron chi connectivity index (χ1n) is 11.4. The molecule has 1 saturated heterocycles. The highest BCUT2D eigenvalue weighted by Crippen LogP contribution is 2.36. The van der Waals surface area contributed by atoms with Crippen LogP contribution in [0.4, 0.5) is 0 Å². The van der Waals surface area contributed by atoms with Gasteiger partial charge in [-0.05, 0) is 32.6 Å². The normalized spacial score (nSPS) is 29.0. The van der Waals surface area contributed by atoms with Gasteiger partial charge in [-0.15, -0.1) is 0 Å². The van der Waals surface area contributed by atoms with Gasteiger partial charge in [-0.25, -0.2) is 4.79 Å². The van der Waals surface area contributed by atoms with E-state index in [1.807, 2.05) is 57.2 Å². The van der Waals surface area contributed by atoms with Gasteiger partial charge in [-0.2, -0.15) is 0 Å². The van der Waals surface area contributed by atoms with Crippen LogP contribution in [-0.2, 0) is 9.53 Å². The van der Waals surface area contributed by atoms with E-state index in [2.05, 4.69) is 19.9 Å². The molecule has 0 spiro atoms. The molecule has 5 atom stereocenters. The van der Waals surface area contributed by atoms with Crippen LogP contribution in [0.25, 0.3) is 0 Å². The molecule has 1 aliphatic heterocycles. The number of ether oxygens (including phenoxy) is 1. The van der Waals surface area contributed by atoms with Gasteiger partial charge in [0.15, 0.2) is 5.79 Å². The molecule has 32 heavy (non-hydrogen) atoms. The average molecular weight is 445 g/mol. The van der Waals surface area contributed by atoms with Crippen LogP contribution in [0.15, 0.2) is 71.9 Å². The summed E-state index contributed by atoms with van der Waals surface area (Å²) in [6.07, 6.45) is 19.5. The standard InChI is InChI=1S/C27H40O5/c1-6-7-15-25-23(5)24(28)19-27(31,32-25)18-17-22(4)21(3)14-10-8-12-20(2)13-9-11-16-26(29)30/h7-16,22-25,28,31H,6,17-19H2,1-5H3,(H,29,30)/b10-8+,13-9+,15-7+,16-11+,20-12+,21-14+/t22-,23?,24?,25?,27?/m0/s1. The summed E-state index contributed by atoms with van der Waals surface area (Å²) in [5, 5.41) is 29.9. The molecule has 1 heterocycles. The number of aliphatic hydroxyl groups is 2. The van der Waals surface area contributed by atoms with Gasteiger partial charge in [0, 0.05) is 24.8 Å². The maximum Gasteiger partial charge on any atom is 0.328 e.